The number of amides is 1. The van der Waals surface area contributed by atoms with Gasteiger partial charge < -0.3 is 5.32 Å². The number of nitrogens with one attached hydrogen (secondary N) is 1. The van der Waals surface area contributed by atoms with Crippen molar-refractivity contribution >= 4 is 21.8 Å². The molecule has 1 aliphatic heterocycles. The highest BCUT2D eigenvalue weighted by Crippen LogP contribution is 2.20. The van der Waals surface area contributed by atoms with E-state index < -0.39 is 0 Å². The van der Waals surface area contributed by atoms with Crippen LogP contribution in [0.1, 0.15) is 44.0 Å². The predicted octanol–water partition coefficient (Wildman–Crippen LogP) is 2.84. The quantitative estimate of drug-likeness (QED) is 0.901. The van der Waals surface area contributed by atoms with Gasteiger partial charge in [-0.15, -0.1) is 0 Å². The molecular weight excluding hydrogens is 318 g/mol. The van der Waals surface area contributed by atoms with Crippen LogP contribution in [-0.2, 0) is 0 Å². The molecule has 110 valence electrons. The Morgan fingerprint density at radius 3 is 2.55 bits per heavy atom. The second kappa shape index (κ2) is 6.22. The SMILES string of the molecule is CC(C)(C)N1CCC(NC(=O)c2cncc(Br)c2)CC1. The van der Waals surface area contributed by atoms with Crippen molar-refractivity contribution in [2.75, 3.05) is 13.1 Å². The lowest BCUT2D eigenvalue weighted by Gasteiger charge is -2.41. The number of likely N-dealkylation sites (tertiary alicyclic amines) is 1. The van der Waals surface area contributed by atoms with Gasteiger partial charge in [0.15, 0.2) is 0 Å². The molecule has 0 bridgehead atoms. The van der Waals surface area contributed by atoms with Crippen LogP contribution in [-0.4, -0.2) is 40.5 Å². The number of piperidine rings is 1. The van der Waals surface area contributed by atoms with Crippen LogP contribution in [0.3, 0.4) is 0 Å². The van der Waals surface area contributed by atoms with Crippen LogP contribution in [0.2, 0.25) is 0 Å². The predicted molar refractivity (Wildman–Crippen MR) is 83.8 cm³/mol. The Bertz CT molecular complexity index is 476. The maximum absolute atomic E-state index is 12.2. The summed E-state index contributed by atoms with van der Waals surface area (Å²) < 4.78 is 0.827. The van der Waals surface area contributed by atoms with Crippen molar-refractivity contribution in [3.8, 4) is 0 Å². The van der Waals surface area contributed by atoms with E-state index in [-0.39, 0.29) is 17.5 Å². The van der Waals surface area contributed by atoms with Gasteiger partial charge in [-0.25, -0.2) is 0 Å². The molecule has 5 heteroatoms. The molecule has 1 aromatic heterocycles. The molecule has 1 aliphatic rings. The minimum atomic E-state index is -0.0343. The Hall–Kier alpha value is -0.940. The maximum Gasteiger partial charge on any atom is 0.253 e. The third-order valence-electron chi connectivity index (χ3n) is 3.75. The molecule has 2 heterocycles. The molecule has 1 aromatic rings. The van der Waals surface area contributed by atoms with E-state index in [0.717, 1.165) is 30.4 Å². The van der Waals surface area contributed by atoms with Crippen LogP contribution in [0.4, 0.5) is 0 Å². The maximum atomic E-state index is 12.2. The molecular formula is C15H22BrN3O. The number of aromatic nitrogens is 1. The standard InChI is InChI=1S/C15H22BrN3O/c1-15(2,3)19-6-4-13(5-7-19)18-14(20)11-8-12(16)10-17-9-11/h8-10,13H,4-7H2,1-3H3,(H,18,20). The fourth-order valence-corrected chi connectivity index (χ4v) is 2.86. The monoisotopic (exact) mass is 339 g/mol. The number of hydrogen-bond donors (Lipinski definition) is 1. The van der Waals surface area contributed by atoms with E-state index in [0.29, 0.717) is 5.56 Å². The Kier molecular flexibility index (Phi) is 4.81. The van der Waals surface area contributed by atoms with Gasteiger partial charge >= 0.3 is 0 Å². The number of rotatable bonds is 2. The molecule has 0 atom stereocenters. The molecule has 0 radical (unpaired) electrons. The molecule has 20 heavy (non-hydrogen) atoms. The van der Waals surface area contributed by atoms with Crippen molar-refractivity contribution in [3.63, 3.8) is 0 Å². The summed E-state index contributed by atoms with van der Waals surface area (Å²) in [7, 11) is 0. The van der Waals surface area contributed by atoms with Crippen LogP contribution >= 0.6 is 15.9 Å². The number of nitrogens with zero attached hydrogens (tertiary/aromatic N) is 2. The van der Waals surface area contributed by atoms with Crippen LogP contribution < -0.4 is 5.32 Å². The van der Waals surface area contributed by atoms with Crippen molar-refractivity contribution in [1.29, 1.82) is 0 Å². The van der Waals surface area contributed by atoms with Crippen molar-refractivity contribution in [2.45, 2.75) is 45.2 Å². The van der Waals surface area contributed by atoms with E-state index >= 15 is 0 Å². The average Bonchev–Trinajstić information content (AvgIpc) is 2.38. The second-order valence-corrected chi connectivity index (χ2v) is 7.21. The molecule has 1 N–H and O–H groups in total. The third-order valence-corrected chi connectivity index (χ3v) is 4.18. The highest BCUT2D eigenvalue weighted by atomic mass is 79.9. The zero-order valence-electron chi connectivity index (χ0n) is 12.3. The van der Waals surface area contributed by atoms with Crippen molar-refractivity contribution < 1.29 is 4.79 Å². The van der Waals surface area contributed by atoms with Gasteiger partial charge in [-0.2, -0.15) is 0 Å². The lowest BCUT2D eigenvalue weighted by molar-refractivity contribution is 0.0812. The summed E-state index contributed by atoms with van der Waals surface area (Å²) in [6.45, 7) is 8.77. The van der Waals surface area contributed by atoms with Crippen LogP contribution in [0.5, 0.6) is 0 Å². The summed E-state index contributed by atoms with van der Waals surface area (Å²) in [4.78, 5) is 18.7. The number of carbonyl (C=O) groups excluding carboxylic acids is 1. The minimum Gasteiger partial charge on any atom is -0.349 e. The van der Waals surface area contributed by atoms with Gasteiger partial charge in [-0.05, 0) is 55.6 Å². The molecule has 2 rings (SSSR count). The van der Waals surface area contributed by atoms with Crippen LogP contribution in [0.25, 0.3) is 0 Å². The molecule has 0 unspecified atom stereocenters. The van der Waals surface area contributed by atoms with E-state index in [2.05, 4.69) is 51.9 Å². The highest BCUT2D eigenvalue weighted by molar-refractivity contribution is 9.10. The van der Waals surface area contributed by atoms with Crippen molar-refractivity contribution in [3.05, 3.63) is 28.5 Å². The van der Waals surface area contributed by atoms with Crippen LogP contribution in [0.15, 0.2) is 22.9 Å². The van der Waals surface area contributed by atoms with Gasteiger partial charge in [0.05, 0.1) is 5.56 Å². The second-order valence-electron chi connectivity index (χ2n) is 6.30. The van der Waals surface area contributed by atoms with E-state index in [1.165, 1.54) is 0 Å². The summed E-state index contributed by atoms with van der Waals surface area (Å²) in [6, 6.07) is 2.06. The van der Waals surface area contributed by atoms with Gasteiger partial charge in [0.25, 0.3) is 5.91 Å². The first-order chi connectivity index (χ1) is 9.36. The molecule has 0 aromatic carbocycles. The van der Waals surface area contributed by atoms with Gasteiger partial charge in [-0.3, -0.25) is 14.7 Å². The smallest absolute Gasteiger partial charge is 0.253 e. The Morgan fingerprint density at radius 2 is 2.00 bits per heavy atom. The van der Waals surface area contributed by atoms with E-state index in [1.54, 1.807) is 18.5 Å². The summed E-state index contributed by atoms with van der Waals surface area (Å²) in [5.74, 6) is -0.0343. The normalized spacial score (nSPS) is 18.0. The summed E-state index contributed by atoms with van der Waals surface area (Å²) >= 11 is 3.34. The molecule has 4 nitrogen and oxygen atoms in total. The summed E-state index contributed by atoms with van der Waals surface area (Å²) in [6.07, 6.45) is 5.29. The van der Waals surface area contributed by atoms with Gasteiger partial charge in [0.1, 0.15) is 0 Å². The first kappa shape index (κ1) is 15.4. The molecule has 1 amide bonds. The zero-order valence-corrected chi connectivity index (χ0v) is 13.9. The average molecular weight is 340 g/mol. The Labute approximate surface area is 129 Å². The van der Waals surface area contributed by atoms with E-state index in [4.69, 9.17) is 0 Å². The van der Waals surface area contributed by atoms with Crippen molar-refractivity contribution in [1.82, 2.24) is 15.2 Å². The largest absolute Gasteiger partial charge is 0.349 e. The number of halogens is 1. The Morgan fingerprint density at radius 1 is 1.35 bits per heavy atom. The highest BCUT2D eigenvalue weighted by Gasteiger charge is 2.27. The fraction of sp³-hybridized carbons (Fsp3) is 0.600. The molecule has 1 saturated heterocycles. The number of hydrogen-bond acceptors (Lipinski definition) is 3. The Balaban J connectivity index is 1.88. The summed E-state index contributed by atoms with van der Waals surface area (Å²) in [5.41, 5.74) is 0.820. The molecule has 0 aliphatic carbocycles. The minimum absolute atomic E-state index is 0.0343. The first-order valence-corrected chi connectivity index (χ1v) is 7.82. The van der Waals surface area contributed by atoms with Gasteiger partial charge in [0.2, 0.25) is 0 Å². The van der Waals surface area contributed by atoms with Gasteiger partial charge in [-0.1, -0.05) is 0 Å². The topological polar surface area (TPSA) is 45.2 Å². The number of carbonyl (C=O) groups is 1. The lowest BCUT2D eigenvalue weighted by Crippen LogP contribution is -2.50. The zero-order chi connectivity index (χ0) is 14.8. The third kappa shape index (κ3) is 4.03. The van der Waals surface area contributed by atoms with E-state index in [1.807, 2.05) is 0 Å². The first-order valence-electron chi connectivity index (χ1n) is 7.03. The van der Waals surface area contributed by atoms with Gasteiger partial charge in [0, 0.05) is 41.5 Å². The van der Waals surface area contributed by atoms with Crippen molar-refractivity contribution in [2.24, 2.45) is 0 Å². The molecule has 0 saturated carbocycles. The molecule has 1 fully saturated rings. The van der Waals surface area contributed by atoms with E-state index in [9.17, 15) is 4.79 Å². The lowest BCUT2D eigenvalue weighted by atomic mass is 9.98. The fourth-order valence-electron chi connectivity index (χ4n) is 2.50. The summed E-state index contributed by atoms with van der Waals surface area (Å²) in [5, 5.41) is 3.11. The van der Waals surface area contributed by atoms with Crippen LogP contribution in [0, 0.1) is 0 Å². The molecule has 0 spiro atoms. The number of pyridine rings is 1.